The normalized spacial score (nSPS) is 12.5. The Kier molecular flexibility index (Phi) is 8.21. The third kappa shape index (κ3) is 6.01. The maximum Gasteiger partial charge on any atom is 0.0952 e. The zero-order chi connectivity index (χ0) is 28.3. The molecule has 2 heterocycles. The summed E-state index contributed by atoms with van der Waals surface area (Å²) < 4.78 is 8.21. The Bertz CT molecular complexity index is 1800. The van der Waals surface area contributed by atoms with Gasteiger partial charge in [-0.05, 0) is 36.8 Å². The minimum Gasteiger partial charge on any atom is -0.503 e. The number of anilines is 2. The Morgan fingerprint density at radius 1 is 0.674 bits per heavy atom. The number of benzene rings is 5. The number of amidine groups is 1. The summed E-state index contributed by atoms with van der Waals surface area (Å²) in [4.78, 5) is 2.04. The van der Waals surface area contributed by atoms with Crippen LogP contribution in [0.2, 0.25) is 0 Å². The Labute approximate surface area is 265 Å². The zero-order valence-corrected chi connectivity index (χ0v) is 25.5. The fraction of sp³-hybridized carbons (Fsp3) is 0.0278. The van der Waals surface area contributed by atoms with Crippen LogP contribution in [0.1, 0.15) is 6.92 Å². The van der Waals surface area contributed by atoms with Crippen molar-refractivity contribution in [1.29, 1.82) is 0 Å². The van der Waals surface area contributed by atoms with Gasteiger partial charge < -0.3 is 14.6 Å². The van der Waals surface area contributed by atoms with E-state index in [1.165, 1.54) is 0 Å². The van der Waals surface area contributed by atoms with E-state index in [0.717, 1.165) is 45.4 Å². The van der Waals surface area contributed by atoms with E-state index in [0.29, 0.717) is 11.5 Å². The molecule has 0 saturated carbocycles. The van der Waals surface area contributed by atoms with E-state index in [4.69, 9.17) is 14.9 Å². The molecule has 5 aromatic carbocycles. The first-order valence-electron chi connectivity index (χ1n) is 13.7. The van der Waals surface area contributed by atoms with Crippen molar-refractivity contribution in [3.63, 3.8) is 0 Å². The molecule has 0 radical (unpaired) electrons. The molecular weight excluding hydrogens is 714 g/mol. The van der Waals surface area contributed by atoms with Crippen molar-refractivity contribution in [2.75, 3.05) is 9.91 Å². The van der Waals surface area contributed by atoms with Crippen LogP contribution in [-0.2, 0) is 21.1 Å². The van der Waals surface area contributed by atoms with Crippen LogP contribution >= 0.6 is 0 Å². The van der Waals surface area contributed by atoms with Crippen LogP contribution in [-0.4, -0.2) is 15.6 Å². The van der Waals surface area contributed by atoms with Gasteiger partial charge in [-0.15, -0.1) is 48.6 Å². The smallest absolute Gasteiger partial charge is 0.0952 e. The number of hydrazone groups is 1. The van der Waals surface area contributed by atoms with Crippen LogP contribution in [0.3, 0.4) is 0 Å². The minimum absolute atomic E-state index is 0. The van der Waals surface area contributed by atoms with E-state index in [1.807, 2.05) is 114 Å². The molecule has 43 heavy (non-hydrogen) atoms. The van der Waals surface area contributed by atoms with Crippen molar-refractivity contribution >= 4 is 17.2 Å². The molecule has 0 unspecified atom stereocenters. The molecule has 0 fully saturated rings. The van der Waals surface area contributed by atoms with Gasteiger partial charge in [-0.1, -0.05) is 84.6 Å². The van der Waals surface area contributed by atoms with Gasteiger partial charge in [-0.3, -0.25) is 0 Å². The summed E-state index contributed by atoms with van der Waals surface area (Å²) in [6.07, 6.45) is 0. The second kappa shape index (κ2) is 12.5. The van der Waals surface area contributed by atoms with Gasteiger partial charge in [0.25, 0.3) is 0 Å². The molecule has 1 aliphatic rings. The maximum absolute atomic E-state index is 6.24. The predicted octanol–water partition coefficient (Wildman–Crippen LogP) is 8.38. The predicted molar refractivity (Wildman–Crippen MR) is 167 cm³/mol. The molecular formula is C36H26N5OPt-3. The van der Waals surface area contributed by atoms with Gasteiger partial charge in [0, 0.05) is 43.9 Å². The van der Waals surface area contributed by atoms with Gasteiger partial charge in [0.1, 0.15) is 0 Å². The third-order valence-electron chi connectivity index (χ3n) is 6.90. The second-order valence-corrected chi connectivity index (χ2v) is 9.77. The fourth-order valence-electron chi connectivity index (χ4n) is 4.88. The van der Waals surface area contributed by atoms with Crippen molar-refractivity contribution in [2.45, 2.75) is 6.92 Å². The first-order chi connectivity index (χ1) is 20.7. The van der Waals surface area contributed by atoms with Crippen LogP contribution in [0.25, 0.3) is 28.2 Å². The van der Waals surface area contributed by atoms with E-state index >= 15 is 0 Å². The van der Waals surface area contributed by atoms with E-state index in [2.05, 4.69) is 54.6 Å². The molecule has 1 aromatic heterocycles. The summed E-state index contributed by atoms with van der Waals surface area (Å²) in [5.74, 6) is 2.01. The number of hydrogen-bond donors (Lipinski definition) is 0. The van der Waals surface area contributed by atoms with E-state index in [1.54, 1.807) is 5.01 Å². The summed E-state index contributed by atoms with van der Waals surface area (Å²) >= 11 is 0. The topological polar surface area (TPSA) is 45.9 Å². The zero-order valence-electron chi connectivity index (χ0n) is 23.2. The van der Waals surface area contributed by atoms with Gasteiger partial charge >= 0.3 is 0 Å². The van der Waals surface area contributed by atoms with Gasteiger partial charge in [0.2, 0.25) is 0 Å². The van der Waals surface area contributed by atoms with Crippen LogP contribution in [0.15, 0.2) is 139 Å². The van der Waals surface area contributed by atoms with Crippen molar-refractivity contribution in [3.05, 3.63) is 152 Å². The van der Waals surface area contributed by atoms with Crippen molar-refractivity contribution in [3.8, 4) is 39.7 Å². The van der Waals surface area contributed by atoms with Gasteiger partial charge in [-0.25, -0.2) is 9.78 Å². The second-order valence-electron chi connectivity index (χ2n) is 9.77. The largest absolute Gasteiger partial charge is 0.503 e. The Hall–Kier alpha value is -4.93. The van der Waals surface area contributed by atoms with Crippen LogP contribution in [0.5, 0.6) is 11.5 Å². The summed E-state index contributed by atoms with van der Waals surface area (Å²) in [6, 6.07) is 51.0. The van der Waals surface area contributed by atoms with Crippen molar-refractivity contribution in [2.24, 2.45) is 5.10 Å². The van der Waals surface area contributed by atoms with E-state index in [-0.39, 0.29) is 21.1 Å². The molecule has 0 spiro atoms. The van der Waals surface area contributed by atoms with Crippen LogP contribution < -0.4 is 14.6 Å². The van der Waals surface area contributed by atoms with Gasteiger partial charge in [0.05, 0.1) is 17.2 Å². The quantitative estimate of drug-likeness (QED) is 0.155. The average Bonchev–Trinajstić information content (AvgIpc) is 3.67. The number of rotatable bonds is 7. The Morgan fingerprint density at radius 3 is 2.02 bits per heavy atom. The third-order valence-corrected chi connectivity index (χ3v) is 6.90. The Balaban J connectivity index is 0.00000329. The summed E-state index contributed by atoms with van der Waals surface area (Å²) in [6.45, 7) is 3.92. The molecule has 0 N–H and O–H groups in total. The van der Waals surface area contributed by atoms with E-state index < -0.39 is 0 Å². The fourth-order valence-corrected chi connectivity index (χ4v) is 4.88. The SMILES string of the molecule is CC1=NN(c2[c-]c(Oc3[c-]c(-c4cc(-c5ccccc5)n(-c5ccccc5)n4)ccc3)ccc2)[CH-]N1c1ccccc1.[Pt]. The molecule has 6 nitrogen and oxygen atoms in total. The van der Waals surface area contributed by atoms with Gasteiger partial charge in [-0.2, -0.15) is 11.2 Å². The van der Waals surface area contributed by atoms with Crippen LogP contribution in [0.4, 0.5) is 11.4 Å². The average molecular weight is 740 g/mol. The molecule has 6 aromatic rings. The number of nitrogens with zero attached hydrogens (tertiary/aromatic N) is 5. The molecule has 0 aliphatic carbocycles. The Morgan fingerprint density at radius 2 is 1.30 bits per heavy atom. The monoisotopic (exact) mass is 739 g/mol. The molecule has 0 bridgehead atoms. The molecule has 7 rings (SSSR count). The molecule has 0 amide bonds. The number of hydrogen-bond acceptors (Lipinski definition) is 5. The van der Waals surface area contributed by atoms with E-state index in [9.17, 15) is 0 Å². The molecule has 214 valence electrons. The summed E-state index contributed by atoms with van der Waals surface area (Å²) in [5.41, 5.74) is 6.53. The summed E-state index contributed by atoms with van der Waals surface area (Å²) in [5, 5.41) is 11.5. The maximum atomic E-state index is 6.24. The van der Waals surface area contributed by atoms with Crippen LogP contribution in [0, 0.1) is 18.8 Å². The van der Waals surface area contributed by atoms with Crippen molar-refractivity contribution < 1.29 is 25.8 Å². The minimum atomic E-state index is 0. The molecule has 1 aliphatic heterocycles. The van der Waals surface area contributed by atoms with Gasteiger partial charge in [0.15, 0.2) is 0 Å². The number of para-hydroxylation sites is 2. The number of ether oxygens (including phenoxy) is 1. The molecule has 7 heteroatoms. The molecule has 0 saturated heterocycles. The number of aromatic nitrogens is 2. The summed E-state index contributed by atoms with van der Waals surface area (Å²) in [7, 11) is 0. The van der Waals surface area contributed by atoms with Crippen molar-refractivity contribution in [1.82, 2.24) is 9.78 Å². The first-order valence-corrected chi connectivity index (χ1v) is 13.7. The first kappa shape index (κ1) is 28.2. The molecule has 0 atom stereocenters. The standard InChI is InChI=1S/C36H26N5O.Pt/c1-27-37-40(26-39(27)30-16-7-3-8-17-30)32-20-12-22-34(24-32)42-33-21-11-15-29(23-33)35-25-36(28-13-5-2-6-14-28)41(38-35)31-18-9-4-10-19-31;/h2-22,25-26H,1H3;/q-3;.